The highest BCUT2D eigenvalue weighted by atomic mass is 32.2. The number of rotatable bonds is 7. The second-order valence-electron chi connectivity index (χ2n) is 5.96. The van der Waals surface area contributed by atoms with Crippen LogP contribution in [0.25, 0.3) is 0 Å². The Labute approximate surface area is 128 Å². The molecule has 0 aliphatic heterocycles. The van der Waals surface area contributed by atoms with Gasteiger partial charge in [-0.15, -0.1) is 0 Å². The van der Waals surface area contributed by atoms with Crippen molar-refractivity contribution in [3.05, 3.63) is 0 Å². The van der Waals surface area contributed by atoms with Gasteiger partial charge in [0.05, 0.1) is 18.3 Å². The third-order valence-electron chi connectivity index (χ3n) is 4.10. The van der Waals surface area contributed by atoms with E-state index in [4.69, 9.17) is 4.74 Å². The number of hydrogen-bond donors (Lipinski definition) is 0. The van der Waals surface area contributed by atoms with Gasteiger partial charge in [-0.05, 0) is 33.9 Å². The van der Waals surface area contributed by atoms with Crippen molar-refractivity contribution in [1.29, 1.82) is 0 Å². The summed E-state index contributed by atoms with van der Waals surface area (Å²) in [7, 11) is 1.66. The van der Waals surface area contributed by atoms with Gasteiger partial charge >= 0.3 is 5.97 Å². The van der Waals surface area contributed by atoms with Gasteiger partial charge in [0.1, 0.15) is 0 Å². The molecule has 0 saturated heterocycles. The molecule has 0 radical (unpaired) electrons. The van der Waals surface area contributed by atoms with Crippen molar-refractivity contribution in [2.45, 2.75) is 44.4 Å². The first kappa shape index (κ1) is 18.4. The number of carbonyl (C=O) groups excluding carboxylic acids is 1. The van der Waals surface area contributed by atoms with Crippen LogP contribution in [0.3, 0.4) is 0 Å². The molecule has 0 aromatic heterocycles. The maximum absolute atomic E-state index is 12.9. The molecule has 0 N–H and O–H groups in total. The van der Waals surface area contributed by atoms with E-state index in [-0.39, 0.29) is 6.04 Å². The Hall–Kier alpha value is -0.660. The molecule has 7 heteroatoms. The summed E-state index contributed by atoms with van der Waals surface area (Å²) >= 11 is 0. The number of esters is 1. The van der Waals surface area contributed by atoms with Crippen LogP contribution in [-0.2, 0) is 19.6 Å². The average molecular weight is 320 g/mol. The van der Waals surface area contributed by atoms with Crippen LogP contribution < -0.4 is 0 Å². The summed E-state index contributed by atoms with van der Waals surface area (Å²) in [4.78, 5) is 13.8. The van der Waals surface area contributed by atoms with E-state index in [2.05, 4.69) is 0 Å². The van der Waals surface area contributed by atoms with Crippen molar-refractivity contribution in [3.8, 4) is 0 Å². The summed E-state index contributed by atoms with van der Waals surface area (Å²) in [6.07, 6.45) is 1.88. The largest absolute Gasteiger partial charge is 0.469 e. The highest BCUT2D eigenvalue weighted by molar-refractivity contribution is 7.89. The third-order valence-corrected chi connectivity index (χ3v) is 6.70. The Balaban J connectivity index is 2.98. The summed E-state index contributed by atoms with van der Waals surface area (Å²) in [5.41, 5.74) is 0. The molecule has 1 aliphatic rings. The van der Waals surface area contributed by atoms with E-state index in [1.54, 1.807) is 0 Å². The van der Waals surface area contributed by atoms with E-state index in [0.717, 1.165) is 6.42 Å². The molecule has 3 atom stereocenters. The van der Waals surface area contributed by atoms with Gasteiger partial charge in [0, 0.05) is 19.1 Å². The van der Waals surface area contributed by atoms with Gasteiger partial charge in [-0.3, -0.25) is 4.79 Å². The lowest BCUT2D eigenvalue weighted by molar-refractivity contribution is -0.145. The summed E-state index contributed by atoms with van der Waals surface area (Å²) in [6.45, 7) is 4.82. The first-order valence-electron chi connectivity index (χ1n) is 7.48. The highest BCUT2D eigenvalue weighted by Crippen LogP contribution is 2.34. The number of likely N-dealkylation sites (N-methyl/N-ethyl adjacent to an activating group) is 2. The lowest BCUT2D eigenvalue weighted by atomic mass is 10.1. The zero-order valence-corrected chi connectivity index (χ0v) is 14.5. The minimum absolute atomic E-state index is 0.117. The lowest BCUT2D eigenvalue weighted by Gasteiger charge is -2.32. The van der Waals surface area contributed by atoms with Crippen molar-refractivity contribution >= 4 is 16.0 Å². The van der Waals surface area contributed by atoms with E-state index in [9.17, 15) is 13.2 Å². The Morgan fingerprint density at radius 2 is 1.95 bits per heavy atom. The second kappa shape index (κ2) is 7.56. The van der Waals surface area contributed by atoms with Crippen LogP contribution in [0.2, 0.25) is 0 Å². The molecule has 1 fully saturated rings. The molecule has 0 bridgehead atoms. The lowest BCUT2D eigenvalue weighted by Crippen LogP contribution is -2.49. The normalized spacial score (nSPS) is 24.5. The number of methoxy groups -OCH3 is 1. The molecule has 0 aromatic carbocycles. The van der Waals surface area contributed by atoms with Crippen LogP contribution in [0.4, 0.5) is 0 Å². The van der Waals surface area contributed by atoms with Crippen LogP contribution in [0, 0.1) is 5.92 Å². The Morgan fingerprint density at radius 3 is 2.43 bits per heavy atom. The van der Waals surface area contributed by atoms with Gasteiger partial charge in [-0.25, -0.2) is 8.42 Å². The predicted octanol–water partition coefficient (Wildman–Crippen LogP) is 0.930. The molecule has 21 heavy (non-hydrogen) atoms. The van der Waals surface area contributed by atoms with E-state index in [1.807, 2.05) is 32.8 Å². The summed E-state index contributed by atoms with van der Waals surface area (Å²) < 4.78 is 32.1. The van der Waals surface area contributed by atoms with Gasteiger partial charge in [0.2, 0.25) is 10.0 Å². The van der Waals surface area contributed by atoms with E-state index < -0.39 is 27.2 Å². The molecule has 1 aliphatic carbocycles. The topological polar surface area (TPSA) is 66.9 Å². The van der Waals surface area contributed by atoms with Gasteiger partial charge in [-0.1, -0.05) is 13.3 Å². The van der Waals surface area contributed by atoms with E-state index in [1.165, 1.54) is 11.4 Å². The van der Waals surface area contributed by atoms with Crippen molar-refractivity contribution in [2.24, 2.45) is 5.92 Å². The number of hydrogen-bond acceptors (Lipinski definition) is 5. The smallest absolute Gasteiger partial charge is 0.310 e. The Kier molecular flexibility index (Phi) is 6.62. The molecule has 1 saturated carbocycles. The first-order chi connectivity index (χ1) is 9.75. The first-order valence-corrected chi connectivity index (χ1v) is 8.99. The fourth-order valence-corrected chi connectivity index (χ4v) is 5.64. The molecule has 3 unspecified atom stereocenters. The number of nitrogens with zero attached hydrogens (tertiary/aromatic N) is 2. The predicted molar refractivity (Wildman–Crippen MR) is 82.5 cm³/mol. The summed E-state index contributed by atoms with van der Waals surface area (Å²) in [5.74, 6) is -0.932. The summed E-state index contributed by atoms with van der Waals surface area (Å²) in [5, 5.41) is -0.644. The maximum Gasteiger partial charge on any atom is 0.310 e. The van der Waals surface area contributed by atoms with Crippen molar-refractivity contribution in [3.63, 3.8) is 0 Å². The number of sulfonamides is 1. The van der Waals surface area contributed by atoms with Crippen molar-refractivity contribution in [2.75, 3.05) is 34.3 Å². The van der Waals surface area contributed by atoms with Crippen LogP contribution in [-0.4, -0.2) is 69.2 Å². The van der Waals surface area contributed by atoms with Crippen LogP contribution in [0.1, 0.15) is 33.1 Å². The molecule has 1 rings (SSSR count). The standard InChI is InChI=1S/C14H28N2O4S/c1-6-16(11(2)10-15(3)4)21(18,19)13-9-7-8-12(13)14(17)20-5/h11-13H,6-10H2,1-5H3. The molecule has 0 aromatic rings. The molecule has 124 valence electrons. The monoisotopic (exact) mass is 320 g/mol. The molecular formula is C14H28N2O4S. The Bertz CT molecular complexity index is 450. The molecule has 0 heterocycles. The van der Waals surface area contributed by atoms with Crippen molar-refractivity contribution < 1.29 is 17.9 Å². The maximum atomic E-state index is 12.9. The summed E-state index contributed by atoms with van der Waals surface area (Å²) in [6, 6.07) is -0.117. The molecule has 0 spiro atoms. The second-order valence-corrected chi connectivity index (χ2v) is 8.06. The van der Waals surface area contributed by atoms with Crippen LogP contribution in [0.15, 0.2) is 0 Å². The van der Waals surface area contributed by atoms with Gasteiger partial charge in [-0.2, -0.15) is 4.31 Å². The third kappa shape index (κ3) is 4.17. The fraction of sp³-hybridized carbons (Fsp3) is 0.929. The fourth-order valence-electron chi connectivity index (χ4n) is 3.24. The zero-order chi connectivity index (χ0) is 16.2. The average Bonchev–Trinajstić information content (AvgIpc) is 2.87. The van der Waals surface area contributed by atoms with Crippen LogP contribution >= 0.6 is 0 Å². The highest BCUT2D eigenvalue weighted by Gasteiger charge is 2.45. The van der Waals surface area contributed by atoms with Gasteiger partial charge in [0.25, 0.3) is 0 Å². The van der Waals surface area contributed by atoms with E-state index >= 15 is 0 Å². The molecular weight excluding hydrogens is 292 g/mol. The molecule has 6 nitrogen and oxygen atoms in total. The Morgan fingerprint density at radius 1 is 1.33 bits per heavy atom. The molecule has 0 amide bonds. The minimum atomic E-state index is -3.49. The SMILES string of the molecule is CCN(C(C)CN(C)C)S(=O)(=O)C1CCCC1C(=O)OC. The van der Waals surface area contributed by atoms with Gasteiger partial charge in [0.15, 0.2) is 0 Å². The number of carbonyl (C=O) groups is 1. The van der Waals surface area contributed by atoms with Crippen molar-refractivity contribution in [1.82, 2.24) is 9.21 Å². The van der Waals surface area contributed by atoms with E-state index in [0.29, 0.717) is 25.9 Å². The zero-order valence-electron chi connectivity index (χ0n) is 13.7. The minimum Gasteiger partial charge on any atom is -0.469 e. The van der Waals surface area contributed by atoms with Gasteiger partial charge < -0.3 is 9.64 Å². The number of ether oxygens (including phenoxy) is 1. The quantitative estimate of drug-likeness (QED) is 0.653. The van der Waals surface area contributed by atoms with Crippen LogP contribution in [0.5, 0.6) is 0 Å².